The zero-order valence-electron chi connectivity index (χ0n) is 23.6. The van der Waals surface area contributed by atoms with E-state index in [2.05, 4.69) is 40.7 Å². The van der Waals surface area contributed by atoms with Crippen LogP contribution in [0, 0.1) is 56.7 Å². The van der Waals surface area contributed by atoms with E-state index in [1.807, 2.05) is 6.92 Å². The molecule has 0 bridgehead atoms. The highest BCUT2D eigenvalue weighted by atomic mass is 16.5. The number of carbonyl (C=O) groups is 1. The number of rotatable bonds is 2. The maximum absolute atomic E-state index is 13.4. The molecule has 0 spiro atoms. The van der Waals surface area contributed by atoms with Gasteiger partial charge in [0.2, 0.25) is 0 Å². The second-order valence-electron chi connectivity index (χ2n) is 14.7. The van der Waals surface area contributed by atoms with Crippen LogP contribution in [-0.2, 0) is 9.53 Å². The van der Waals surface area contributed by atoms with Gasteiger partial charge in [-0.1, -0.05) is 53.2 Å². The predicted octanol–water partition coefficient (Wildman–Crippen LogP) is 5.12. The molecule has 0 aromatic rings. The van der Waals surface area contributed by atoms with Crippen molar-refractivity contribution in [3.8, 4) is 0 Å². The number of hydrogen-bond donors (Lipinski definition) is 3. The van der Waals surface area contributed by atoms with Crippen molar-refractivity contribution in [3.05, 3.63) is 11.6 Å². The highest BCUT2D eigenvalue weighted by molar-refractivity contribution is 5.78. The standard InChI is InChI=1S/C31H50O5/c1-18-10-13-31(26(35)36-7)15-14-29(5)20(24(31)19(18)2)8-9-23-27(3)16-21(33)25(34)28(4,17-32)22(27)11-12-30(23,29)6/h8,18-19,21-25,32-34H,9-17H2,1-7H3/t18-,19+,21-,22-,23-,24+,25+,27+,28-,29-,30-,31+/m1/s1. The molecule has 5 rings (SSSR count). The minimum absolute atomic E-state index is 0.0137. The number of fused-ring (bicyclic) bond motifs is 7. The Morgan fingerprint density at radius 1 is 1.03 bits per heavy atom. The maximum Gasteiger partial charge on any atom is 0.312 e. The average molecular weight is 503 g/mol. The fraction of sp³-hybridized carbons (Fsp3) is 0.903. The van der Waals surface area contributed by atoms with Gasteiger partial charge in [0.25, 0.3) is 0 Å². The summed E-state index contributed by atoms with van der Waals surface area (Å²) in [6.07, 6.45) is 8.18. The van der Waals surface area contributed by atoms with Gasteiger partial charge in [-0.05, 0) is 97.2 Å². The Labute approximate surface area is 218 Å². The van der Waals surface area contributed by atoms with E-state index >= 15 is 0 Å². The first-order valence-corrected chi connectivity index (χ1v) is 14.5. The maximum atomic E-state index is 13.4. The Morgan fingerprint density at radius 3 is 2.36 bits per heavy atom. The first-order valence-electron chi connectivity index (χ1n) is 14.5. The summed E-state index contributed by atoms with van der Waals surface area (Å²) in [6.45, 7) is 13.9. The van der Waals surface area contributed by atoms with Crippen molar-refractivity contribution in [1.82, 2.24) is 0 Å². The van der Waals surface area contributed by atoms with E-state index in [0.717, 1.165) is 44.9 Å². The minimum atomic E-state index is -0.893. The third-order valence-electron chi connectivity index (χ3n) is 13.7. The summed E-state index contributed by atoms with van der Waals surface area (Å²) in [6, 6.07) is 0. The van der Waals surface area contributed by atoms with Gasteiger partial charge in [-0.25, -0.2) is 0 Å². The quantitative estimate of drug-likeness (QED) is 0.360. The Balaban J connectivity index is 1.62. The number of methoxy groups -OCH3 is 1. The number of ether oxygens (including phenoxy) is 1. The SMILES string of the molecule is COC(=O)[C@]12CC[C@@H](C)[C@H](C)[C@H]1C1=CC[C@@H]3[C@@]4(C)C[C@@H](O)[C@H](O)[C@](C)(CO)[C@@H]4CC[C@@]3(C)[C@]1(C)CC2. The Kier molecular flexibility index (Phi) is 6.15. The Bertz CT molecular complexity index is 945. The molecule has 0 aromatic heterocycles. The van der Waals surface area contributed by atoms with Gasteiger partial charge in [-0.15, -0.1) is 0 Å². The van der Waals surface area contributed by atoms with Crippen molar-refractivity contribution in [2.75, 3.05) is 13.7 Å². The lowest BCUT2D eigenvalue weighted by Crippen LogP contribution is -2.68. The molecule has 5 nitrogen and oxygen atoms in total. The molecule has 0 unspecified atom stereocenters. The number of aliphatic hydroxyl groups is 3. The van der Waals surface area contributed by atoms with Crippen molar-refractivity contribution < 1.29 is 24.9 Å². The van der Waals surface area contributed by atoms with Crippen LogP contribution in [0.15, 0.2) is 11.6 Å². The first kappa shape index (κ1) is 26.7. The molecule has 5 aliphatic carbocycles. The van der Waals surface area contributed by atoms with E-state index in [1.54, 1.807) is 7.11 Å². The molecule has 0 heterocycles. The molecule has 204 valence electrons. The minimum Gasteiger partial charge on any atom is -0.469 e. The van der Waals surface area contributed by atoms with Crippen LogP contribution >= 0.6 is 0 Å². The second-order valence-corrected chi connectivity index (χ2v) is 14.7. The normalized spacial score (nSPS) is 56.4. The molecule has 3 N–H and O–H groups in total. The van der Waals surface area contributed by atoms with Gasteiger partial charge in [0, 0.05) is 5.41 Å². The highest BCUT2D eigenvalue weighted by Gasteiger charge is 2.70. The molecule has 12 atom stereocenters. The van der Waals surface area contributed by atoms with Gasteiger partial charge < -0.3 is 20.1 Å². The second kappa shape index (κ2) is 8.29. The van der Waals surface area contributed by atoms with Gasteiger partial charge >= 0.3 is 5.97 Å². The van der Waals surface area contributed by atoms with Crippen LogP contribution in [0.3, 0.4) is 0 Å². The van der Waals surface area contributed by atoms with E-state index in [-0.39, 0.29) is 40.7 Å². The number of carbonyl (C=O) groups excluding carboxylic acids is 1. The smallest absolute Gasteiger partial charge is 0.312 e. The summed E-state index contributed by atoms with van der Waals surface area (Å²) < 4.78 is 5.48. The summed E-state index contributed by atoms with van der Waals surface area (Å²) in [4.78, 5) is 13.4. The van der Waals surface area contributed by atoms with Crippen molar-refractivity contribution in [3.63, 3.8) is 0 Å². The first-order chi connectivity index (χ1) is 16.8. The van der Waals surface area contributed by atoms with Crippen molar-refractivity contribution in [2.45, 2.75) is 105 Å². The van der Waals surface area contributed by atoms with E-state index in [4.69, 9.17) is 4.74 Å². The largest absolute Gasteiger partial charge is 0.469 e. The zero-order valence-corrected chi connectivity index (χ0v) is 23.6. The molecule has 0 amide bonds. The van der Waals surface area contributed by atoms with E-state index in [0.29, 0.717) is 24.2 Å². The van der Waals surface area contributed by atoms with Crippen LogP contribution < -0.4 is 0 Å². The van der Waals surface area contributed by atoms with Crippen molar-refractivity contribution in [1.29, 1.82) is 0 Å². The zero-order chi connectivity index (χ0) is 26.5. The molecule has 4 saturated carbocycles. The molecule has 36 heavy (non-hydrogen) atoms. The lowest BCUT2D eigenvalue weighted by atomic mass is 9.33. The molecule has 0 saturated heterocycles. The molecule has 5 aliphatic rings. The van der Waals surface area contributed by atoms with E-state index in [1.165, 1.54) is 5.57 Å². The third kappa shape index (κ3) is 3.03. The van der Waals surface area contributed by atoms with Gasteiger partial charge in [-0.2, -0.15) is 0 Å². The van der Waals surface area contributed by atoms with Crippen LogP contribution in [0.5, 0.6) is 0 Å². The molecular formula is C31H50O5. The number of allylic oxidation sites excluding steroid dienone is 2. The molecule has 0 aromatic carbocycles. The summed E-state index contributed by atoms with van der Waals surface area (Å²) in [5, 5.41) is 32.5. The topological polar surface area (TPSA) is 87.0 Å². The predicted molar refractivity (Wildman–Crippen MR) is 140 cm³/mol. The number of esters is 1. The van der Waals surface area contributed by atoms with E-state index in [9.17, 15) is 20.1 Å². The van der Waals surface area contributed by atoms with Crippen LogP contribution in [0.25, 0.3) is 0 Å². The number of hydrogen-bond acceptors (Lipinski definition) is 5. The van der Waals surface area contributed by atoms with Crippen LogP contribution in [0.1, 0.15) is 92.9 Å². The number of aliphatic hydroxyl groups excluding tert-OH is 3. The Morgan fingerprint density at radius 2 is 1.72 bits per heavy atom. The van der Waals surface area contributed by atoms with Gasteiger partial charge in [0.05, 0.1) is 31.3 Å². The fourth-order valence-electron chi connectivity index (χ4n) is 11.2. The molecule has 5 heteroatoms. The van der Waals surface area contributed by atoms with Gasteiger partial charge in [0.15, 0.2) is 0 Å². The Hall–Kier alpha value is -0.910. The van der Waals surface area contributed by atoms with E-state index < -0.39 is 23.0 Å². The summed E-state index contributed by atoms with van der Waals surface area (Å²) in [7, 11) is 1.56. The van der Waals surface area contributed by atoms with Gasteiger partial charge in [-0.3, -0.25) is 4.79 Å². The summed E-state index contributed by atoms with van der Waals surface area (Å²) in [5.74, 6) is 1.73. The average Bonchev–Trinajstić information content (AvgIpc) is 2.84. The van der Waals surface area contributed by atoms with Crippen LogP contribution in [0.4, 0.5) is 0 Å². The monoisotopic (exact) mass is 502 g/mol. The lowest BCUT2D eigenvalue weighted by Gasteiger charge is -2.71. The molecule has 4 fully saturated rings. The molecule has 0 aliphatic heterocycles. The van der Waals surface area contributed by atoms with Gasteiger partial charge in [0.1, 0.15) is 0 Å². The summed E-state index contributed by atoms with van der Waals surface area (Å²) >= 11 is 0. The van der Waals surface area contributed by atoms with Crippen LogP contribution in [0.2, 0.25) is 0 Å². The third-order valence-corrected chi connectivity index (χ3v) is 13.7. The summed E-state index contributed by atoms with van der Waals surface area (Å²) in [5.41, 5.74) is 0.240. The highest BCUT2D eigenvalue weighted by Crippen LogP contribution is 2.75. The van der Waals surface area contributed by atoms with Crippen molar-refractivity contribution >= 4 is 5.97 Å². The van der Waals surface area contributed by atoms with Crippen molar-refractivity contribution in [2.24, 2.45) is 56.7 Å². The molecular weight excluding hydrogens is 452 g/mol. The van der Waals surface area contributed by atoms with Crippen LogP contribution in [-0.4, -0.2) is 47.2 Å². The molecule has 0 radical (unpaired) electrons. The fourth-order valence-corrected chi connectivity index (χ4v) is 11.2. The lowest BCUT2D eigenvalue weighted by molar-refractivity contribution is -0.244.